The molecule has 1 saturated heterocycles. The maximum Gasteiger partial charge on any atom is 0.276 e. The fourth-order valence-corrected chi connectivity index (χ4v) is 3.62. The number of carbonyl (C=O) groups excluding carboxylic acids is 2. The standard InChI is InChI=1S/C23H24N4O3/c1-16-8-10-17(11-9-16)21-14-19(26-30-21)23(29)27-13-5-3-7-20(27)22(28)25-15-18-6-2-4-12-24-18/h2,4,6,8-12,14,20H,3,5,7,13,15H2,1H3,(H,25,28). The number of aryl methyl sites for hydroxylation is 1. The molecule has 1 unspecified atom stereocenters. The molecule has 1 fully saturated rings. The van der Waals surface area contributed by atoms with E-state index >= 15 is 0 Å². The van der Waals surface area contributed by atoms with Gasteiger partial charge in [-0.3, -0.25) is 14.6 Å². The van der Waals surface area contributed by atoms with Gasteiger partial charge in [-0.25, -0.2) is 0 Å². The number of amides is 2. The summed E-state index contributed by atoms with van der Waals surface area (Å²) in [7, 11) is 0. The van der Waals surface area contributed by atoms with E-state index in [1.54, 1.807) is 17.2 Å². The molecule has 1 aromatic carbocycles. The molecule has 1 atom stereocenters. The van der Waals surface area contributed by atoms with Crippen LogP contribution in [0.1, 0.15) is 41.0 Å². The quantitative estimate of drug-likeness (QED) is 0.704. The molecule has 1 N–H and O–H groups in total. The molecule has 0 bridgehead atoms. The second-order valence-corrected chi connectivity index (χ2v) is 7.49. The lowest BCUT2D eigenvalue weighted by molar-refractivity contribution is -0.126. The van der Waals surface area contributed by atoms with Crippen molar-refractivity contribution in [2.75, 3.05) is 6.54 Å². The van der Waals surface area contributed by atoms with E-state index in [-0.39, 0.29) is 17.5 Å². The molecule has 4 rings (SSSR count). The Morgan fingerprint density at radius 1 is 1.17 bits per heavy atom. The molecule has 7 heteroatoms. The fourth-order valence-electron chi connectivity index (χ4n) is 3.62. The Hall–Kier alpha value is -3.48. The highest BCUT2D eigenvalue weighted by atomic mass is 16.5. The number of hydrogen-bond acceptors (Lipinski definition) is 5. The third-order valence-corrected chi connectivity index (χ3v) is 5.30. The maximum atomic E-state index is 13.1. The van der Waals surface area contributed by atoms with Gasteiger partial charge in [0.1, 0.15) is 6.04 Å². The first-order valence-electron chi connectivity index (χ1n) is 10.1. The van der Waals surface area contributed by atoms with E-state index in [9.17, 15) is 9.59 Å². The smallest absolute Gasteiger partial charge is 0.276 e. The largest absolute Gasteiger partial charge is 0.355 e. The molecule has 3 aromatic rings. The molecule has 0 spiro atoms. The number of benzene rings is 1. The molecule has 154 valence electrons. The molecule has 30 heavy (non-hydrogen) atoms. The zero-order valence-electron chi connectivity index (χ0n) is 16.9. The highest BCUT2D eigenvalue weighted by Gasteiger charge is 2.34. The van der Waals surface area contributed by atoms with Gasteiger partial charge in [-0.15, -0.1) is 0 Å². The minimum atomic E-state index is -0.519. The number of pyridine rings is 1. The van der Waals surface area contributed by atoms with Gasteiger partial charge in [-0.05, 0) is 38.3 Å². The molecule has 7 nitrogen and oxygen atoms in total. The van der Waals surface area contributed by atoms with Crippen molar-refractivity contribution in [2.45, 2.75) is 38.8 Å². The van der Waals surface area contributed by atoms with Crippen LogP contribution in [0.5, 0.6) is 0 Å². The van der Waals surface area contributed by atoms with Crippen LogP contribution < -0.4 is 5.32 Å². The molecule has 2 aromatic heterocycles. The van der Waals surface area contributed by atoms with Crippen molar-refractivity contribution in [3.05, 3.63) is 71.7 Å². The van der Waals surface area contributed by atoms with Crippen molar-refractivity contribution in [3.8, 4) is 11.3 Å². The lowest BCUT2D eigenvalue weighted by atomic mass is 10.0. The predicted octanol–water partition coefficient (Wildman–Crippen LogP) is 3.36. The van der Waals surface area contributed by atoms with Gasteiger partial charge in [-0.2, -0.15) is 0 Å². The highest BCUT2D eigenvalue weighted by Crippen LogP contribution is 2.24. The molecule has 0 radical (unpaired) electrons. The van der Waals surface area contributed by atoms with Gasteiger partial charge in [0.25, 0.3) is 5.91 Å². The summed E-state index contributed by atoms with van der Waals surface area (Å²) >= 11 is 0. The number of likely N-dealkylation sites (tertiary alicyclic amines) is 1. The van der Waals surface area contributed by atoms with Gasteiger partial charge in [0.2, 0.25) is 5.91 Å². The third-order valence-electron chi connectivity index (χ3n) is 5.30. The Morgan fingerprint density at radius 3 is 2.77 bits per heavy atom. The normalized spacial score (nSPS) is 16.3. The van der Waals surface area contributed by atoms with Gasteiger partial charge < -0.3 is 14.7 Å². The van der Waals surface area contributed by atoms with Crippen LogP contribution in [-0.4, -0.2) is 39.4 Å². The van der Waals surface area contributed by atoms with Crippen LogP contribution in [0.2, 0.25) is 0 Å². The van der Waals surface area contributed by atoms with Crippen LogP contribution in [0.15, 0.2) is 59.3 Å². The van der Waals surface area contributed by atoms with Gasteiger partial charge in [0, 0.05) is 24.4 Å². The van der Waals surface area contributed by atoms with Crippen molar-refractivity contribution >= 4 is 11.8 Å². The lowest BCUT2D eigenvalue weighted by Crippen LogP contribution is -2.51. The van der Waals surface area contributed by atoms with E-state index in [0.29, 0.717) is 25.3 Å². The van der Waals surface area contributed by atoms with Crippen molar-refractivity contribution in [1.29, 1.82) is 0 Å². The summed E-state index contributed by atoms with van der Waals surface area (Å²) in [5, 5.41) is 6.87. The lowest BCUT2D eigenvalue weighted by Gasteiger charge is -2.34. The summed E-state index contributed by atoms with van der Waals surface area (Å²) in [6.45, 7) is 2.86. The Bertz CT molecular complexity index is 1010. The summed E-state index contributed by atoms with van der Waals surface area (Å²) in [6.07, 6.45) is 4.08. The zero-order valence-corrected chi connectivity index (χ0v) is 16.9. The summed E-state index contributed by atoms with van der Waals surface area (Å²) in [6, 6.07) is 14.5. The van der Waals surface area contributed by atoms with Crippen molar-refractivity contribution in [3.63, 3.8) is 0 Å². The van der Waals surface area contributed by atoms with Gasteiger partial charge >= 0.3 is 0 Å². The topological polar surface area (TPSA) is 88.3 Å². The molecular weight excluding hydrogens is 380 g/mol. The molecule has 3 heterocycles. The molecule has 0 aliphatic carbocycles. The number of rotatable bonds is 5. The number of aromatic nitrogens is 2. The molecule has 1 aliphatic heterocycles. The average molecular weight is 404 g/mol. The van der Waals surface area contributed by atoms with Crippen LogP contribution in [0, 0.1) is 6.92 Å². The van der Waals surface area contributed by atoms with E-state index < -0.39 is 6.04 Å². The van der Waals surface area contributed by atoms with E-state index in [0.717, 1.165) is 29.7 Å². The second-order valence-electron chi connectivity index (χ2n) is 7.49. The van der Waals surface area contributed by atoms with E-state index in [1.807, 2.05) is 49.4 Å². The van der Waals surface area contributed by atoms with Crippen molar-refractivity contribution in [1.82, 2.24) is 20.4 Å². The number of carbonyl (C=O) groups is 2. The van der Waals surface area contributed by atoms with Crippen LogP contribution in [0.25, 0.3) is 11.3 Å². The van der Waals surface area contributed by atoms with Gasteiger partial charge in [0.15, 0.2) is 11.5 Å². The monoisotopic (exact) mass is 404 g/mol. The Labute approximate surface area is 175 Å². The van der Waals surface area contributed by atoms with E-state index in [2.05, 4.69) is 15.5 Å². The fraction of sp³-hybridized carbons (Fsp3) is 0.304. The SMILES string of the molecule is Cc1ccc(-c2cc(C(=O)N3CCCCC3C(=O)NCc3ccccn3)no2)cc1. The summed E-state index contributed by atoms with van der Waals surface area (Å²) in [4.78, 5) is 31.7. The Kier molecular flexibility index (Phi) is 5.88. The average Bonchev–Trinajstić information content (AvgIpc) is 3.28. The number of piperidine rings is 1. The van der Waals surface area contributed by atoms with Crippen molar-refractivity contribution < 1.29 is 14.1 Å². The van der Waals surface area contributed by atoms with Crippen LogP contribution in [0.3, 0.4) is 0 Å². The first-order valence-corrected chi connectivity index (χ1v) is 10.1. The van der Waals surface area contributed by atoms with Crippen LogP contribution in [-0.2, 0) is 11.3 Å². The minimum absolute atomic E-state index is 0.170. The Morgan fingerprint density at radius 2 is 2.00 bits per heavy atom. The summed E-state index contributed by atoms with van der Waals surface area (Å²) in [5.41, 5.74) is 2.99. The summed E-state index contributed by atoms with van der Waals surface area (Å²) in [5.74, 6) is 0.0808. The molecule has 1 aliphatic rings. The van der Waals surface area contributed by atoms with E-state index in [4.69, 9.17) is 4.52 Å². The first-order chi connectivity index (χ1) is 14.6. The highest BCUT2D eigenvalue weighted by molar-refractivity contribution is 5.96. The zero-order chi connectivity index (χ0) is 20.9. The van der Waals surface area contributed by atoms with Gasteiger partial charge in [0.05, 0.1) is 12.2 Å². The molecular formula is C23H24N4O3. The van der Waals surface area contributed by atoms with Crippen LogP contribution >= 0.6 is 0 Å². The second kappa shape index (κ2) is 8.90. The van der Waals surface area contributed by atoms with Gasteiger partial charge in [-0.1, -0.05) is 41.1 Å². The van der Waals surface area contributed by atoms with E-state index in [1.165, 1.54) is 0 Å². The summed E-state index contributed by atoms with van der Waals surface area (Å²) < 4.78 is 5.40. The third kappa shape index (κ3) is 4.40. The predicted molar refractivity (Wildman–Crippen MR) is 111 cm³/mol. The Balaban J connectivity index is 1.46. The maximum absolute atomic E-state index is 13.1. The minimum Gasteiger partial charge on any atom is -0.355 e. The van der Waals surface area contributed by atoms with Crippen LogP contribution in [0.4, 0.5) is 0 Å². The van der Waals surface area contributed by atoms with Crippen molar-refractivity contribution in [2.24, 2.45) is 0 Å². The number of hydrogen-bond donors (Lipinski definition) is 1. The first kappa shape index (κ1) is 19.8. The number of nitrogens with one attached hydrogen (secondary N) is 1. The molecule has 2 amide bonds. The molecule has 0 saturated carbocycles. The number of nitrogens with zero attached hydrogens (tertiary/aromatic N) is 3.